The molecule has 2 aromatic rings. The van der Waals surface area contributed by atoms with Crippen LogP contribution in [0.1, 0.15) is 41.6 Å². The largest absolute Gasteiger partial charge is 0.492 e. The highest BCUT2D eigenvalue weighted by Crippen LogP contribution is 2.30. The van der Waals surface area contributed by atoms with Gasteiger partial charge < -0.3 is 20.1 Å². The summed E-state index contributed by atoms with van der Waals surface area (Å²) in [4.78, 5) is 26.9. The number of nitrogens with zero attached hydrogens (tertiary/aromatic N) is 1. The van der Waals surface area contributed by atoms with Crippen molar-refractivity contribution < 1.29 is 19.1 Å². The topological polar surface area (TPSA) is 79.9 Å². The van der Waals surface area contributed by atoms with Gasteiger partial charge in [0.1, 0.15) is 12.4 Å². The molecule has 4 rings (SSSR count). The van der Waals surface area contributed by atoms with Crippen LogP contribution in [0, 0.1) is 5.92 Å². The molecule has 0 spiro atoms. The van der Waals surface area contributed by atoms with E-state index in [1.807, 2.05) is 24.3 Å². The molecule has 7 nitrogen and oxygen atoms in total. The first kappa shape index (κ1) is 23.3. The molecule has 33 heavy (non-hydrogen) atoms. The third-order valence-electron chi connectivity index (χ3n) is 6.22. The van der Waals surface area contributed by atoms with Crippen LogP contribution in [0.4, 0.5) is 5.69 Å². The average Bonchev–Trinajstić information content (AvgIpc) is 3.69. The number of ether oxygens (including phenoxy) is 2. The Morgan fingerprint density at radius 3 is 2.64 bits per heavy atom. The number of amides is 2. The SMILES string of the molecule is CN(CCOc1cccc(CNC(=O)c2cccc(NC(=O)C3CC3)c2)c1)C1CCOCC1. The first-order chi connectivity index (χ1) is 16.1. The molecule has 2 aromatic carbocycles. The Morgan fingerprint density at radius 1 is 1.06 bits per heavy atom. The molecule has 176 valence electrons. The third-order valence-corrected chi connectivity index (χ3v) is 6.22. The molecule has 0 atom stereocenters. The van der Waals surface area contributed by atoms with Crippen LogP contribution in [0.2, 0.25) is 0 Å². The van der Waals surface area contributed by atoms with Crippen LogP contribution < -0.4 is 15.4 Å². The van der Waals surface area contributed by atoms with Crippen LogP contribution in [0.15, 0.2) is 48.5 Å². The summed E-state index contributed by atoms with van der Waals surface area (Å²) in [6.07, 6.45) is 4.03. The van der Waals surface area contributed by atoms with Gasteiger partial charge >= 0.3 is 0 Å². The molecule has 1 saturated carbocycles. The minimum atomic E-state index is -0.179. The summed E-state index contributed by atoms with van der Waals surface area (Å²) in [5.74, 6) is 0.774. The zero-order chi connectivity index (χ0) is 23.0. The Bertz CT molecular complexity index is 954. The molecular weight excluding hydrogens is 418 g/mol. The van der Waals surface area contributed by atoms with Crippen molar-refractivity contribution in [2.24, 2.45) is 5.92 Å². The van der Waals surface area contributed by atoms with Gasteiger partial charge in [-0.05, 0) is 68.6 Å². The maximum atomic E-state index is 12.6. The quantitative estimate of drug-likeness (QED) is 0.578. The van der Waals surface area contributed by atoms with Crippen LogP contribution in [0.5, 0.6) is 5.75 Å². The van der Waals surface area contributed by atoms with E-state index >= 15 is 0 Å². The van der Waals surface area contributed by atoms with Crippen molar-refractivity contribution in [1.29, 1.82) is 0 Å². The molecule has 1 aliphatic heterocycles. The first-order valence-corrected chi connectivity index (χ1v) is 11.8. The highest BCUT2D eigenvalue weighted by Gasteiger charge is 2.29. The lowest BCUT2D eigenvalue weighted by molar-refractivity contribution is -0.117. The monoisotopic (exact) mass is 451 g/mol. The maximum Gasteiger partial charge on any atom is 0.251 e. The predicted octanol–water partition coefficient (Wildman–Crippen LogP) is 3.45. The van der Waals surface area contributed by atoms with E-state index in [-0.39, 0.29) is 17.7 Å². The van der Waals surface area contributed by atoms with Crippen LogP contribution in [0.3, 0.4) is 0 Å². The van der Waals surface area contributed by atoms with Gasteiger partial charge in [-0.3, -0.25) is 14.5 Å². The summed E-state index contributed by atoms with van der Waals surface area (Å²) in [5.41, 5.74) is 2.14. The second-order valence-electron chi connectivity index (χ2n) is 8.85. The van der Waals surface area contributed by atoms with Gasteiger partial charge in [-0.2, -0.15) is 0 Å². The Hall–Kier alpha value is -2.90. The van der Waals surface area contributed by atoms with E-state index in [1.54, 1.807) is 24.3 Å². The molecule has 1 heterocycles. The van der Waals surface area contributed by atoms with Crippen molar-refractivity contribution in [2.45, 2.75) is 38.3 Å². The number of nitrogens with one attached hydrogen (secondary N) is 2. The smallest absolute Gasteiger partial charge is 0.251 e. The Morgan fingerprint density at radius 2 is 1.85 bits per heavy atom. The molecule has 2 aliphatic rings. The Balaban J connectivity index is 1.23. The number of benzene rings is 2. The van der Waals surface area contributed by atoms with Gasteiger partial charge in [0.25, 0.3) is 5.91 Å². The van der Waals surface area contributed by atoms with Gasteiger partial charge in [-0.1, -0.05) is 18.2 Å². The Labute approximate surface area is 195 Å². The van der Waals surface area contributed by atoms with Crippen LogP contribution in [-0.2, 0) is 16.1 Å². The number of carbonyl (C=O) groups excluding carboxylic acids is 2. The van der Waals surface area contributed by atoms with E-state index < -0.39 is 0 Å². The molecule has 0 bridgehead atoms. The van der Waals surface area contributed by atoms with Gasteiger partial charge in [0.05, 0.1) is 0 Å². The lowest BCUT2D eigenvalue weighted by Crippen LogP contribution is -2.38. The van der Waals surface area contributed by atoms with E-state index in [0.717, 1.165) is 56.8 Å². The lowest BCUT2D eigenvalue weighted by Gasteiger charge is -2.31. The number of hydrogen-bond acceptors (Lipinski definition) is 5. The molecule has 2 N–H and O–H groups in total. The summed E-state index contributed by atoms with van der Waals surface area (Å²) in [7, 11) is 2.14. The average molecular weight is 452 g/mol. The van der Waals surface area contributed by atoms with Crippen LogP contribution in [-0.4, -0.2) is 56.2 Å². The number of anilines is 1. The summed E-state index contributed by atoms with van der Waals surface area (Å²) in [5, 5.41) is 5.83. The predicted molar refractivity (Wildman–Crippen MR) is 127 cm³/mol. The fourth-order valence-corrected chi connectivity index (χ4v) is 3.97. The zero-order valence-electron chi connectivity index (χ0n) is 19.2. The van der Waals surface area contributed by atoms with E-state index in [9.17, 15) is 9.59 Å². The van der Waals surface area contributed by atoms with Gasteiger partial charge in [-0.25, -0.2) is 0 Å². The zero-order valence-corrected chi connectivity index (χ0v) is 19.2. The van der Waals surface area contributed by atoms with Gasteiger partial charge in [0.15, 0.2) is 0 Å². The second kappa shape index (κ2) is 11.3. The number of likely N-dealkylation sites (N-methyl/N-ethyl adjacent to an activating group) is 1. The third kappa shape index (κ3) is 7.04. The molecular formula is C26H33N3O4. The highest BCUT2D eigenvalue weighted by atomic mass is 16.5. The molecule has 2 amide bonds. The maximum absolute atomic E-state index is 12.6. The summed E-state index contributed by atoms with van der Waals surface area (Å²) in [6.45, 7) is 3.55. The number of rotatable bonds is 10. The van der Waals surface area contributed by atoms with Crippen molar-refractivity contribution in [3.05, 3.63) is 59.7 Å². The first-order valence-electron chi connectivity index (χ1n) is 11.8. The second-order valence-corrected chi connectivity index (χ2v) is 8.85. The summed E-state index contributed by atoms with van der Waals surface area (Å²) >= 11 is 0. The fourth-order valence-electron chi connectivity index (χ4n) is 3.97. The van der Waals surface area contributed by atoms with Gasteiger partial charge in [0, 0.05) is 49.5 Å². The standard InChI is InChI=1S/C26H33N3O4/c1-29(23-10-13-32-14-11-23)12-15-33-24-7-2-4-19(16-24)18-27-25(30)21-5-3-6-22(17-21)28-26(31)20-8-9-20/h2-7,16-17,20,23H,8-15,18H2,1H3,(H,27,30)(H,28,31). The van der Waals surface area contributed by atoms with Crippen molar-refractivity contribution in [3.63, 3.8) is 0 Å². The van der Waals surface area contributed by atoms with E-state index in [0.29, 0.717) is 30.4 Å². The van der Waals surface area contributed by atoms with E-state index in [1.165, 1.54) is 0 Å². The van der Waals surface area contributed by atoms with Gasteiger partial charge in [0.2, 0.25) is 5.91 Å². The van der Waals surface area contributed by atoms with Crippen LogP contribution in [0.25, 0.3) is 0 Å². The van der Waals surface area contributed by atoms with Gasteiger partial charge in [-0.15, -0.1) is 0 Å². The fraction of sp³-hybridized carbons (Fsp3) is 0.462. The molecule has 0 unspecified atom stereocenters. The van der Waals surface area contributed by atoms with E-state index in [2.05, 4.69) is 22.6 Å². The summed E-state index contributed by atoms with van der Waals surface area (Å²) in [6, 6.07) is 15.4. The summed E-state index contributed by atoms with van der Waals surface area (Å²) < 4.78 is 11.4. The van der Waals surface area contributed by atoms with E-state index in [4.69, 9.17) is 9.47 Å². The van der Waals surface area contributed by atoms with Crippen LogP contribution >= 0.6 is 0 Å². The molecule has 2 fully saturated rings. The lowest BCUT2D eigenvalue weighted by atomic mass is 10.1. The minimum Gasteiger partial charge on any atom is -0.492 e. The van der Waals surface area contributed by atoms with Crippen molar-refractivity contribution in [3.8, 4) is 5.75 Å². The molecule has 7 heteroatoms. The van der Waals surface area contributed by atoms with Crippen molar-refractivity contribution >= 4 is 17.5 Å². The molecule has 1 aliphatic carbocycles. The number of hydrogen-bond donors (Lipinski definition) is 2. The minimum absolute atomic E-state index is 0.0309. The normalized spacial score (nSPS) is 16.4. The highest BCUT2D eigenvalue weighted by molar-refractivity contribution is 5.98. The number of carbonyl (C=O) groups is 2. The molecule has 0 radical (unpaired) electrons. The molecule has 0 aromatic heterocycles. The van der Waals surface area contributed by atoms with Crippen molar-refractivity contribution in [2.75, 3.05) is 38.7 Å². The Kier molecular flexibility index (Phi) is 7.96. The molecule has 1 saturated heterocycles. The van der Waals surface area contributed by atoms with Crippen molar-refractivity contribution in [1.82, 2.24) is 10.2 Å².